The monoisotopic (exact) mass is 357 g/mol. The molecule has 1 atom stereocenters. The van der Waals surface area contributed by atoms with E-state index < -0.39 is 0 Å². The van der Waals surface area contributed by atoms with Crippen LogP contribution in [-0.2, 0) is 6.42 Å². The molecule has 2 aromatic carbocycles. The number of aromatic nitrogens is 3. The number of piperazine rings is 1. The average molecular weight is 357 g/mol. The first-order valence-electron chi connectivity index (χ1n) is 9.63. The van der Waals surface area contributed by atoms with Gasteiger partial charge in [0.25, 0.3) is 0 Å². The number of rotatable bonds is 4. The highest BCUT2D eigenvalue weighted by Crippen LogP contribution is 2.26. The molecular weight excluding hydrogens is 334 g/mol. The van der Waals surface area contributed by atoms with E-state index in [2.05, 4.69) is 73.1 Å². The van der Waals surface area contributed by atoms with Crippen molar-refractivity contribution in [1.29, 1.82) is 0 Å². The van der Waals surface area contributed by atoms with E-state index in [4.69, 9.17) is 0 Å². The van der Waals surface area contributed by atoms with E-state index in [1.54, 1.807) is 0 Å². The Bertz CT molecular complexity index is 1060. The van der Waals surface area contributed by atoms with Gasteiger partial charge < -0.3 is 10.2 Å². The average Bonchev–Trinajstić information content (AvgIpc) is 3.18. The molecule has 1 unspecified atom stereocenters. The zero-order valence-corrected chi connectivity index (χ0v) is 15.3. The van der Waals surface area contributed by atoms with Gasteiger partial charge in [0.2, 0.25) is 0 Å². The molecule has 5 nitrogen and oxygen atoms in total. The van der Waals surface area contributed by atoms with E-state index in [1.165, 1.54) is 11.4 Å². The molecule has 1 N–H and O–H groups in total. The van der Waals surface area contributed by atoms with Crippen LogP contribution in [-0.4, -0.2) is 40.0 Å². The van der Waals surface area contributed by atoms with Gasteiger partial charge in [0.15, 0.2) is 5.65 Å². The predicted octanol–water partition coefficient (Wildman–Crippen LogP) is 3.29. The lowest BCUT2D eigenvalue weighted by molar-refractivity contribution is 0.451. The molecule has 0 radical (unpaired) electrons. The molecule has 0 aliphatic carbocycles. The Kier molecular flexibility index (Phi) is 4.22. The molecule has 0 saturated carbocycles. The Morgan fingerprint density at radius 1 is 0.963 bits per heavy atom. The predicted molar refractivity (Wildman–Crippen MR) is 109 cm³/mol. The van der Waals surface area contributed by atoms with E-state index in [-0.39, 0.29) is 0 Å². The number of benzene rings is 2. The second-order valence-electron chi connectivity index (χ2n) is 7.13. The number of para-hydroxylation sites is 2. The van der Waals surface area contributed by atoms with Gasteiger partial charge >= 0.3 is 0 Å². The third-order valence-electron chi connectivity index (χ3n) is 5.47. The number of hydrogen-bond acceptors (Lipinski definition) is 4. The summed E-state index contributed by atoms with van der Waals surface area (Å²) in [6.07, 6.45) is 6.08. The van der Waals surface area contributed by atoms with Crippen LogP contribution in [0.25, 0.3) is 16.7 Å². The lowest BCUT2D eigenvalue weighted by Crippen LogP contribution is -2.52. The number of hydrogen-bond donors (Lipinski definition) is 1. The highest BCUT2D eigenvalue weighted by atomic mass is 15.3. The Morgan fingerprint density at radius 2 is 1.81 bits per heavy atom. The topological polar surface area (TPSA) is 45.5 Å². The van der Waals surface area contributed by atoms with E-state index in [9.17, 15) is 0 Å². The van der Waals surface area contributed by atoms with E-state index in [1.807, 2.05) is 18.5 Å². The van der Waals surface area contributed by atoms with Crippen molar-refractivity contribution in [2.45, 2.75) is 18.9 Å². The van der Waals surface area contributed by atoms with E-state index >= 15 is 0 Å². The third-order valence-corrected chi connectivity index (χ3v) is 5.47. The standard InChI is InChI=1S/C22H23N5/c1-2-6-17(7-3-1)10-11-18-14-23-12-13-26(18)22-16-25-21-15-24-19-8-4-5-9-20(19)27(21)22/h1-9,15-16,18,23H,10-14H2. The molecule has 0 bridgehead atoms. The second kappa shape index (κ2) is 7.00. The largest absolute Gasteiger partial charge is 0.351 e. The molecule has 1 aliphatic rings. The minimum Gasteiger partial charge on any atom is -0.351 e. The lowest BCUT2D eigenvalue weighted by atomic mass is 10.0. The highest BCUT2D eigenvalue weighted by molar-refractivity contribution is 5.79. The van der Waals surface area contributed by atoms with Crippen molar-refractivity contribution in [3.63, 3.8) is 0 Å². The van der Waals surface area contributed by atoms with Crippen molar-refractivity contribution in [3.8, 4) is 0 Å². The molecule has 0 amide bonds. The first-order chi connectivity index (χ1) is 13.4. The summed E-state index contributed by atoms with van der Waals surface area (Å²) >= 11 is 0. The minimum atomic E-state index is 0.450. The molecule has 2 aromatic heterocycles. The zero-order valence-electron chi connectivity index (χ0n) is 15.3. The van der Waals surface area contributed by atoms with Gasteiger partial charge in [0.05, 0.1) is 23.4 Å². The zero-order chi connectivity index (χ0) is 18.1. The van der Waals surface area contributed by atoms with Crippen molar-refractivity contribution in [2.24, 2.45) is 0 Å². The van der Waals surface area contributed by atoms with E-state index in [0.717, 1.165) is 49.2 Å². The Hall–Kier alpha value is -2.92. The molecular formula is C22H23N5. The summed E-state index contributed by atoms with van der Waals surface area (Å²) in [6, 6.07) is 19.5. The van der Waals surface area contributed by atoms with Crippen LogP contribution in [0.15, 0.2) is 67.0 Å². The summed E-state index contributed by atoms with van der Waals surface area (Å²) in [5, 5.41) is 3.56. The number of imidazole rings is 1. The van der Waals surface area contributed by atoms with Crippen LogP contribution in [0, 0.1) is 0 Å². The number of nitrogens with one attached hydrogen (secondary N) is 1. The van der Waals surface area contributed by atoms with Gasteiger partial charge in [0.1, 0.15) is 5.82 Å². The normalized spacial score (nSPS) is 17.6. The van der Waals surface area contributed by atoms with Gasteiger partial charge in [-0.05, 0) is 30.5 Å². The Morgan fingerprint density at radius 3 is 2.74 bits per heavy atom. The maximum atomic E-state index is 4.64. The van der Waals surface area contributed by atoms with Crippen LogP contribution in [0.1, 0.15) is 12.0 Å². The fourth-order valence-corrected chi connectivity index (χ4v) is 4.09. The number of nitrogens with zero attached hydrogens (tertiary/aromatic N) is 4. The Labute approximate surface area is 158 Å². The minimum absolute atomic E-state index is 0.450. The lowest BCUT2D eigenvalue weighted by Gasteiger charge is -2.37. The van der Waals surface area contributed by atoms with Crippen molar-refractivity contribution < 1.29 is 0 Å². The van der Waals surface area contributed by atoms with Crippen molar-refractivity contribution in [3.05, 3.63) is 72.6 Å². The molecule has 1 fully saturated rings. The van der Waals surface area contributed by atoms with Crippen LogP contribution in [0.3, 0.4) is 0 Å². The van der Waals surface area contributed by atoms with Crippen LogP contribution in [0.5, 0.6) is 0 Å². The van der Waals surface area contributed by atoms with Gasteiger partial charge in [-0.25, -0.2) is 4.98 Å². The van der Waals surface area contributed by atoms with Crippen LogP contribution < -0.4 is 10.2 Å². The Balaban J connectivity index is 1.50. The number of fused-ring (bicyclic) bond motifs is 3. The molecule has 3 heterocycles. The molecule has 5 rings (SSSR count). The van der Waals surface area contributed by atoms with Gasteiger partial charge in [-0.1, -0.05) is 42.5 Å². The highest BCUT2D eigenvalue weighted by Gasteiger charge is 2.25. The summed E-state index contributed by atoms with van der Waals surface area (Å²) in [4.78, 5) is 11.7. The quantitative estimate of drug-likeness (QED) is 0.609. The molecule has 0 spiro atoms. The summed E-state index contributed by atoms with van der Waals surface area (Å²) in [6.45, 7) is 2.99. The summed E-state index contributed by atoms with van der Waals surface area (Å²) in [5.41, 5.74) is 4.42. The van der Waals surface area contributed by atoms with E-state index in [0.29, 0.717) is 6.04 Å². The first kappa shape index (κ1) is 16.3. The fraction of sp³-hybridized carbons (Fsp3) is 0.273. The fourth-order valence-electron chi connectivity index (χ4n) is 4.09. The molecule has 4 aromatic rings. The second-order valence-corrected chi connectivity index (χ2v) is 7.13. The maximum Gasteiger partial charge on any atom is 0.157 e. The number of anilines is 1. The maximum absolute atomic E-state index is 4.64. The molecule has 136 valence electrons. The third kappa shape index (κ3) is 3.04. The molecule has 1 aliphatic heterocycles. The van der Waals surface area contributed by atoms with Gasteiger partial charge in [-0.15, -0.1) is 0 Å². The van der Waals surface area contributed by atoms with Crippen molar-refractivity contribution in [2.75, 3.05) is 24.5 Å². The van der Waals surface area contributed by atoms with Gasteiger partial charge in [0, 0.05) is 25.7 Å². The van der Waals surface area contributed by atoms with Crippen molar-refractivity contribution in [1.82, 2.24) is 19.7 Å². The summed E-state index contributed by atoms with van der Waals surface area (Å²) < 4.78 is 2.25. The van der Waals surface area contributed by atoms with Crippen LogP contribution in [0.2, 0.25) is 0 Å². The SMILES string of the molecule is c1ccc(CCC2CNCCN2c2cnc3cnc4ccccc4n23)cc1. The number of aryl methyl sites for hydroxylation is 1. The smallest absolute Gasteiger partial charge is 0.157 e. The molecule has 1 saturated heterocycles. The first-order valence-corrected chi connectivity index (χ1v) is 9.63. The summed E-state index contributed by atoms with van der Waals surface area (Å²) in [7, 11) is 0. The van der Waals surface area contributed by atoms with Crippen LogP contribution in [0.4, 0.5) is 5.82 Å². The summed E-state index contributed by atoms with van der Waals surface area (Å²) in [5.74, 6) is 1.17. The van der Waals surface area contributed by atoms with Crippen LogP contribution >= 0.6 is 0 Å². The molecule has 5 heteroatoms. The van der Waals surface area contributed by atoms with Crippen molar-refractivity contribution >= 4 is 22.5 Å². The van der Waals surface area contributed by atoms with Gasteiger partial charge in [-0.3, -0.25) is 9.38 Å². The molecule has 27 heavy (non-hydrogen) atoms. The van der Waals surface area contributed by atoms with Gasteiger partial charge in [-0.2, -0.15) is 0 Å².